The summed E-state index contributed by atoms with van der Waals surface area (Å²) in [4.78, 5) is 59.8. The number of anilines is 1. The van der Waals surface area contributed by atoms with Gasteiger partial charge in [0.05, 0.1) is 40.7 Å². The minimum Gasteiger partial charge on any atom is -0.497 e. The molecule has 1 atom stereocenters. The summed E-state index contributed by atoms with van der Waals surface area (Å²) in [6, 6.07) is 7.54. The Morgan fingerprint density at radius 3 is 2.75 bits per heavy atom. The second-order valence-electron chi connectivity index (χ2n) is 9.15. The molecule has 0 radical (unpaired) electrons. The van der Waals surface area contributed by atoms with E-state index in [1.54, 1.807) is 19.2 Å². The number of pyridine rings is 1. The van der Waals surface area contributed by atoms with Crippen LogP contribution in [0.25, 0.3) is 10.2 Å². The molecule has 186 valence electrons. The number of amides is 5. The average Bonchev–Trinajstić information content (AvgIpc) is 3.40. The molecule has 5 amide bonds. The van der Waals surface area contributed by atoms with Crippen LogP contribution < -0.4 is 20.7 Å². The molecule has 3 aromatic rings. The Morgan fingerprint density at radius 1 is 1.19 bits per heavy atom. The van der Waals surface area contributed by atoms with Gasteiger partial charge in [0.1, 0.15) is 22.6 Å². The lowest BCUT2D eigenvalue weighted by atomic mass is 10.0. The lowest BCUT2D eigenvalue weighted by Gasteiger charge is -2.29. The molecule has 2 aliphatic rings. The first-order valence-corrected chi connectivity index (χ1v) is 12.1. The van der Waals surface area contributed by atoms with Crippen molar-refractivity contribution in [2.24, 2.45) is 0 Å². The number of carbonyl (C=O) groups excluding carboxylic acids is 4. The fourth-order valence-electron chi connectivity index (χ4n) is 4.29. The monoisotopic (exact) mass is 508 g/mol. The number of ether oxygens (including phenoxy) is 1. The molecule has 0 aliphatic carbocycles. The van der Waals surface area contributed by atoms with Crippen molar-refractivity contribution < 1.29 is 23.9 Å². The molecule has 1 aromatic carbocycles. The molecule has 2 aromatic heterocycles. The predicted molar refractivity (Wildman–Crippen MR) is 132 cm³/mol. The molecule has 12 heteroatoms. The Bertz CT molecular complexity index is 1420. The molecule has 0 bridgehead atoms. The maximum Gasteiger partial charge on any atom is 0.321 e. The molecule has 11 nitrogen and oxygen atoms in total. The van der Waals surface area contributed by atoms with Gasteiger partial charge in [0, 0.05) is 6.42 Å². The van der Waals surface area contributed by atoms with E-state index in [1.807, 2.05) is 32.0 Å². The zero-order valence-corrected chi connectivity index (χ0v) is 20.7. The number of nitrogens with one attached hydrogen (secondary N) is 3. The second-order valence-corrected chi connectivity index (χ2v) is 10.2. The van der Waals surface area contributed by atoms with Gasteiger partial charge in [-0.1, -0.05) is 0 Å². The number of nitrogens with zero attached hydrogens (tertiary/aromatic N) is 3. The number of benzene rings is 1. The van der Waals surface area contributed by atoms with Crippen LogP contribution in [0.4, 0.5) is 10.6 Å². The fraction of sp³-hybridized carbons (Fsp3) is 0.333. The van der Waals surface area contributed by atoms with Crippen molar-refractivity contribution in [1.29, 1.82) is 0 Å². The first kappa shape index (κ1) is 23.7. The zero-order chi connectivity index (χ0) is 25.6. The summed E-state index contributed by atoms with van der Waals surface area (Å²) in [5.74, 6) is -0.144. The number of piperidine rings is 1. The largest absolute Gasteiger partial charge is 0.497 e. The number of hydrogen-bond donors (Lipinski definition) is 3. The Balaban J connectivity index is 1.27. The van der Waals surface area contributed by atoms with Crippen LogP contribution in [0.2, 0.25) is 0 Å². The maximum absolute atomic E-state index is 12.8. The second kappa shape index (κ2) is 8.86. The van der Waals surface area contributed by atoms with E-state index in [9.17, 15) is 19.2 Å². The Hall–Kier alpha value is -4.06. The van der Waals surface area contributed by atoms with E-state index in [1.165, 1.54) is 16.2 Å². The number of fused-ring (bicyclic) bond motifs is 2. The van der Waals surface area contributed by atoms with Crippen molar-refractivity contribution in [2.75, 3.05) is 12.4 Å². The van der Waals surface area contributed by atoms with E-state index in [-0.39, 0.29) is 37.0 Å². The lowest BCUT2D eigenvalue weighted by molar-refractivity contribution is -0.136. The van der Waals surface area contributed by atoms with E-state index in [2.05, 4.69) is 25.9 Å². The van der Waals surface area contributed by atoms with Gasteiger partial charge in [-0.15, -0.1) is 11.3 Å². The Morgan fingerprint density at radius 2 is 2.00 bits per heavy atom. The molecule has 0 spiro atoms. The van der Waals surface area contributed by atoms with Crippen LogP contribution in [0.5, 0.6) is 5.75 Å². The summed E-state index contributed by atoms with van der Waals surface area (Å²) in [6.45, 7) is 3.83. The SMILES string of the molecule is COc1ccc2nc(C(C)(C)NC(=O)Nc3ccc4c(n3)CN(C3CCC(=O)NC3=O)C4=O)sc2c1. The number of hydrogen-bond acceptors (Lipinski definition) is 8. The van der Waals surface area contributed by atoms with Gasteiger partial charge in [0.25, 0.3) is 5.91 Å². The minimum atomic E-state index is -0.768. The van der Waals surface area contributed by atoms with Crippen LogP contribution in [0.3, 0.4) is 0 Å². The number of urea groups is 1. The van der Waals surface area contributed by atoms with Gasteiger partial charge < -0.3 is 15.0 Å². The summed E-state index contributed by atoms with van der Waals surface area (Å²) in [6.07, 6.45) is 0.445. The van der Waals surface area contributed by atoms with Crippen LogP contribution in [-0.2, 0) is 21.7 Å². The summed E-state index contributed by atoms with van der Waals surface area (Å²) >= 11 is 1.47. The Labute approximate surface area is 210 Å². The van der Waals surface area contributed by atoms with E-state index in [0.29, 0.717) is 11.3 Å². The highest BCUT2D eigenvalue weighted by Gasteiger charge is 2.39. The standard InChI is InChI=1S/C24H24N6O5S/c1-24(2,22-26-14-6-4-12(35-3)10-17(14)36-22)29-23(34)27-18-8-5-13-15(25-18)11-30(21(13)33)16-7-9-19(31)28-20(16)32/h4-6,8,10,16H,7,9,11H2,1-3H3,(H,28,31,32)(H2,25,27,29,34). The van der Waals surface area contributed by atoms with E-state index < -0.39 is 23.5 Å². The summed E-state index contributed by atoms with van der Waals surface area (Å²) in [7, 11) is 1.61. The van der Waals surface area contributed by atoms with Crippen molar-refractivity contribution in [1.82, 2.24) is 25.5 Å². The molecule has 3 N–H and O–H groups in total. The lowest BCUT2D eigenvalue weighted by Crippen LogP contribution is -2.52. The number of aromatic nitrogens is 2. The van der Waals surface area contributed by atoms with Gasteiger partial charge >= 0.3 is 6.03 Å². The number of thiazole rings is 1. The number of imide groups is 1. The Kier molecular flexibility index (Phi) is 5.83. The summed E-state index contributed by atoms with van der Waals surface area (Å²) in [5, 5.41) is 8.64. The molecule has 36 heavy (non-hydrogen) atoms. The van der Waals surface area contributed by atoms with Crippen molar-refractivity contribution in [3.8, 4) is 5.75 Å². The topological polar surface area (TPSA) is 143 Å². The molecular weight excluding hydrogens is 484 g/mol. The van der Waals surface area contributed by atoms with Gasteiger partial charge in [-0.25, -0.2) is 14.8 Å². The van der Waals surface area contributed by atoms with Crippen molar-refractivity contribution in [2.45, 2.75) is 44.8 Å². The minimum absolute atomic E-state index is 0.123. The summed E-state index contributed by atoms with van der Waals surface area (Å²) < 4.78 is 6.22. The van der Waals surface area contributed by atoms with Gasteiger partial charge in [0.15, 0.2) is 0 Å². The third-order valence-corrected chi connectivity index (χ3v) is 7.51. The van der Waals surface area contributed by atoms with Crippen LogP contribution in [0.15, 0.2) is 30.3 Å². The maximum atomic E-state index is 12.8. The van der Waals surface area contributed by atoms with Gasteiger partial charge in [0.2, 0.25) is 11.8 Å². The smallest absolute Gasteiger partial charge is 0.321 e. The predicted octanol–water partition coefficient (Wildman–Crippen LogP) is 2.52. The van der Waals surface area contributed by atoms with Gasteiger partial charge in [-0.05, 0) is 50.6 Å². The quantitative estimate of drug-likeness (QED) is 0.450. The zero-order valence-electron chi connectivity index (χ0n) is 19.9. The molecule has 5 rings (SSSR count). The molecule has 2 aliphatic heterocycles. The first-order chi connectivity index (χ1) is 17.1. The molecule has 1 unspecified atom stereocenters. The van der Waals surface area contributed by atoms with Crippen LogP contribution in [0, 0.1) is 0 Å². The highest BCUT2D eigenvalue weighted by molar-refractivity contribution is 7.18. The average molecular weight is 509 g/mol. The fourth-order valence-corrected chi connectivity index (χ4v) is 5.34. The van der Waals surface area contributed by atoms with E-state index in [0.717, 1.165) is 21.0 Å². The highest BCUT2D eigenvalue weighted by atomic mass is 32.1. The third-order valence-electron chi connectivity index (χ3n) is 6.17. The third kappa shape index (κ3) is 4.35. The molecule has 4 heterocycles. The normalized spacial score (nSPS) is 17.7. The molecule has 1 saturated heterocycles. The van der Waals surface area contributed by atoms with Gasteiger partial charge in [-0.2, -0.15) is 0 Å². The number of carbonyl (C=O) groups is 4. The van der Waals surface area contributed by atoms with E-state index >= 15 is 0 Å². The number of methoxy groups -OCH3 is 1. The highest BCUT2D eigenvalue weighted by Crippen LogP contribution is 2.32. The number of rotatable bonds is 5. The van der Waals surface area contributed by atoms with Crippen LogP contribution in [0.1, 0.15) is 47.7 Å². The van der Waals surface area contributed by atoms with Crippen LogP contribution >= 0.6 is 11.3 Å². The molecule has 1 fully saturated rings. The van der Waals surface area contributed by atoms with Crippen LogP contribution in [-0.4, -0.2) is 51.8 Å². The first-order valence-electron chi connectivity index (χ1n) is 11.3. The van der Waals surface area contributed by atoms with Crippen molar-refractivity contribution >= 4 is 51.1 Å². The molecular formula is C24H24N6O5S. The summed E-state index contributed by atoms with van der Waals surface area (Å²) in [5.41, 5.74) is 0.880. The van der Waals surface area contributed by atoms with E-state index in [4.69, 9.17) is 4.74 Å². The molecule has 0 saturated carbocycles. The van der Waals surface area contributed by atoms with Crippen molar-refractivity contribution in [3.63, 3.8) is 0 Å². The van der Waals surface area contributed by atoms with Crippen molar-refractivity contribution in [3.05, 3.63) is 46.6 Å². The van der Waals surface area contributed by atoms with Gasteiger partial charge in [-0.3, -0.25) is 25.0 Å².